The second-order valence-corrected chi connectivity index (χ2v) is 6.53. The Bertz CT molecular complexity index is 703. The topological polar surface area (TPSA) is 21.6 Å². The Labute approximate surface area is 147 Å². The maximum atomic E-state index is 6.22. The number of nitrogens with zero attached hydrogens (tertiary/aromatic N) is 1. The van der Waals surface area contributed by atoms with E-state index < -0.39 is 0 Å². The van der Waals surface area contributed by atoms with Gasteiger partial charge in [-0.2, -0.15) is 0 Å². The van der Waals surface area contributed by atoms with E-state index in [1.54, 1.807) is 0 Å². The molecule has 1 aromatic carbocycles. The SMILES string of the molecule is CCOC=NC1=CC(c2ccc(Cl)c(Cl)c2)C2CCC=CC2=C1. The van der Waals surface area contributed by atoms with E-state index >= 15 is 0 Å². The molecule has 4 heteroatoms. The van der Waals surface area contributed by atoms with Gasteiger partial charge in [0.15, 0.2) is 6.40 Å². The lowest BCUT2D eigenvalue weighted by Gasteiger charge is -2.32. The summed E-state index contributed by atoms with van der Waals surface area (Å²) in [6.45, 7) is 2.56. The lowest BCUT2D eigenvalue weighted by atomic mass is 9.73. The highest BCUT2D eigenvalue weighted by Crippen LogP contribution is 2.43. The van der Waals surface area contributed by atoms with E-state index in [0.29, 0.717) is 22.6 Å². The summed E-state index contributed by atoms with van der Waals surface area (Å²) in [6.07, 6.45) is 12.5. The van der Waals surface area contributed by atoms with Crippen LogP contribution in [0.5, 0.6) is 0 Å². The number of hydrogen-bond acceptors (Lipinski definition) is 2. The molecular weight excluding hydrogens is 329 g/mol. The van der Waals surface area contributed by atoms with Crippen molar-refractivity contribution in [3.05, 3.63) is 69.4 Å². The minimum Gasteiger partial charge on any atom is -0.483 e. The molecule has 0 aromatic heterocycles. The fourth-order valence-corrected chi connectivity index (χ4v) is 3.45. The van der Waals surface area contributed by atoms with Crippen LogP contribution in [0.1, 0.15) is 31.2 Å². The summed E-state index contributed by atoms with van der Waals surface area (Å²) in [5.74, 6) is 0.715. The average molecular weight is 348 g/mol. The molecule has 0 bridgehead atoms. The fourth-order valence-electron chi connectivity index (χ4n) is 3.15. The maximum absolute atomic E-state index is 6.22. The predicted octanol–water partition coefficient (Wildman–Crippen LogP) is 5.93. The van der Waals surface area contributed by atoms with Crippen molar-refractivity contribution in [3.63, 3.8) is 0 Å². The Morgan fingerprint density at radius 3 is 2.96 bits per heavy atom. The quantitative estimate of drug-likeness (QED) is 0.488. The largest absolute Gasteiger partial charge is 0.483 e. The molecule has 0 spiro atoms. The minimum absolute atomic E-state index is 0.253. The number of halogens is 2. The number of fused-ring (bicyclic) bond motifs is 1. The molecule has 0 aliphatic heterocycles. The van der Waals surface area contributed by atoms with E-state index in [1.165, 1.54) is 17.5 Å². The van der Waals surface area contributed by atoms with E-state index in [4.69, 9.17) is 27.9 Å². The molecule has 0 saturated heterocycles. The standard InChI is InChI=1S/C19H19Cl2NO/c1-2-23-12-22-15-9-13-5-3-4-6-16(13)17(11-15)14-7-8-18(20)19(21)10-14/h3,5,7-12,16-17H,2,4,6H2,1H3. The third-order valence-electron chi connectivity index (χ3n) is 4.25. The predicted molar refractivity (Wildman–Crippen MR) is 97.4 cm³/mol. The molecule has 2 unspecified atom stereocenters. The third-order valence-corrected chi connectivity index (χ3v) is 4.99. The summed E-state index contributed by atoms with van der Waals surface area (Å²) in [5, 5.41) is 1.18. The van der Waals surface area contributed by atoms with Crippen LogP contribution in [0.2, 0.25) is 10.0 Å². The van der Waals surface area contributed by atoms with Gasteiger partial charge in [0.05, 0.1) is 22.3 Å². The van der Waals surface area contributed by atoms with Crippen molar-refractivity contribution in [2.75, 3.05) is 6.61 Å². The van der Waals surface area contributed by atoms with Crippen LogP contribution in [0.4, 0.5) is 0 Å². The Kier molecular flexibility index (Phi) is 5.24. The first kappa shape index (κ1) is 16.4. The molecule has 0 radical (unpaired) electrons. The van der Waals surface area contributed by atoms with Crippen molar-refractivity contribution < 1.29 is 4.74 Å². The summed E-state index contributed by atoms with van der Waals surface area (Å²) < 4.78 is 5.23. The molecular formula is C19H19Cl2NO. The normalized spacial score (nSPS) is 23.4. The summed E-state index contributed by atoms with van der Waals surface area (Å²) in [5.41, 5.74) is 3.42. The van der Waals surface area contributed by atoms with Gasteiger partial charge < -0.3 is 4.74 Å². The van der Waals surface area contributed by atoms with E-state index in [9.17, 15) is 0 Å². The molecule has 0 amide bonds. The van der Waals surface area contributed by atoms with Gasteiger partial charge >= 0.3 is 0 Å². The van der Waals surface area contributed by atoms with Crippen LogP contribution in [0.25, 0.3) is 0 Å². The van der Waals surface area contributed by atoms with Crippen LogP contribution in [-0.4, -0.2) is 13.0 Å². The monoisotopic (exact) mass is 347 g/mol. The zero-order valence-electron chi connectivity index (χ0n) is 13.0. The van der Waals surface area contributed by atoms with Crippen LogP contribution < -0.4 is 0 Å². The third kappa shape index (κ3) is 3.70. The molecule has 2 aliphatic rings. The van der Waals surface area contributed by atoms with Crippen LogP contribution in [0, 0.1) is 5.92 Å². The molecule has 3 rings (SSSR count). The molecule has 120 valence electrons. The molecule has 0 N–H and O–H groups in total. The van der Waals surface area contributed by atoms with Crippen molar-refractivity contribution in [1.29, 1.82) is 0 Å². The van der Waals surface area contributed by atoms with Gasteiger partial charge in [-0.1, -0.05) is 47.5 Å². The van der Waals surface area contributed by atoms with Crippen LogP contribution >= 0.6 is 23.2 Å². The number of aliphatic imine (C=N–C) groups is 1. The number of ether oxygens (including phenoxy) is 1. The number of benzene rings is 1. The fraction of sp³-hybridized carbons (Fsp3) is 0.316. The highest BCUT2D eigenvalue weighted by Gasteiger charge is 2.29. The first-order valence-electron chi connectivity index (χ1n) is 7.88. The van der Waals surface area contributed by atoms with Gasteiger partial charge in [0, 0.05) is 5.92 Å². The van der Waals surface area contributed by atoms with Crippen LogP contribution in [-0.2, 0) is 4.74 Å². The second-order valence-electron chi connectivity index (χ2n) is 5.71. The van der Waals surface area contributed by atoms with Gasteiger partial charge in [0.25, 0.3) is 0 Å². The van der Waals surface area contributed by atoms with E-state index in [1.807, 2.05) is 19.1 Å². The Hall–Kier alpha value is -1.51. The molecule has 0 fully saturated rings. The van der Waals surface area contributed by atoms with Crippen molar-refractivity contribution in [2.24, 2.45) is 10.9 Å². The van der Waals surface area contributed by atoms with Crippen molar-refractivity contribution >= 4 is 29.6 Å². The highest BCUT2D eigenvalue weighted by molar-refractivity contribution is 6.42. The zero-order chi connectivity index (χ0) is 16.2. The zero-order valence-corrected chi connectivity index (χ0v) is 14.5. The number of rotatable bonds is 4. The molecule has 23 heavy (non-hydrogen) atoms. The highest BCUT2D eigenvalue weighted by atomic mass is 35.5. The van der Waals surface area contributed by atoms with Crippen molar-refractivity contribution in [2.45, 2.75) is 25.7 Å². The van der Waals surface area contributed by atoms with E-state index in [2.05, 4.69) is 35.4 Å². The first-order valence-corrected chi connectivity index (χ1v) is 8.63. The second kappa shape index (κ2) is 7.37. The summed E-state index contributed by atoms with van der Waals surface area (Å²) in [6, 6.07) is 5.89. The van der Waals surface area contributed by atoms with Gasteiger partial charge in [-0.05, 0) is 55.0 Å². The number of allylic oxidation sites excluding steroid dienone is 5. The lowest BCUT2D eigenvalue weighted by Crippen LogP contribution is -2.18. The van der Waals surface area contributed by atoms with E-state index in [-0.39, 0.29) is 5.92 Å². The van der Waals surface area contributed by atoms with Gasteiger partial charge in [0.2, 0.25) is 0 Å². The Morgan fingerprint density at radius 1 is 1.30 bits per heavy atom. The van der Waals surface area contributed by atoms with Gasteiger partial charge in [-0.15, -0.1) is 0 Å². The minimum atomic E-state index is 0.253. The Morgan fingerprint density at radius 2 is 2.17 bits per heavy atom. The Balaban J connectivity index is 1.97. The summed E-state index contributed by atoms with van der Waals surface area (Å²) >= 11 is 12.3. The van der Waals surface area contributed by atoms with E-state index in [0.717, 1.165) is 18.5 Å². The molecule has 2 nitrogen and oxygen atoms in total. The van der Waals surface area contributed by atoms with Crippen LogP contribution in [0.15, 0.2) is 58.8 Å². The van der Waals surface area contributed by atoms with Crippen LogP contribution in [0.3, 0.4) is 0 Å². The molecule has 2 atom stereocenters. The molecule has 1 aromatic rings. The summed E-state index contributed by atoms with van der Waals surface area (Å²) in [7, 11) is 0. The van der Waals surface area contributed by atoms with Gasteiger partial charge in [0.1, 0.15) is 0 Å². The van der Waals surface area contributed by atoms with Crippen molar-refractivity contribution in [3.8, 4) is 0 Å². The summed E-state index contributed by atoms with van der Waals surface area (Å²) in [4.78, 5) is 4.42. The van der Waals surface area contributed by atoms with Crippen molar-refractivity contribution in [1.82, 2.24) is 0 Å². The lowest BCUT2D eigenvalue weighted by molar-refractivity contribution is 0.343. The number of hydrogen-bond donors (Lipinski definition) is 0. The smallest absolute Gasteiger partial charge is 0.174 e. The molecule has 0 heterocycles. The average Bonchev–Trinajstić information content (AvgIpc) is 2.57. The molecule has 2 aliphatic carbocycles. The maximum Gasteiger partial charge on any atom is 0.174 e. The first-order chi connectivity index (χ1) is 11.2. The molecule has 0 saturated carbocycles. The van der Waals surface area contributed by atoms with Gasteiger partial charge in [-0.25, -0.2) is 4.99 Å². The van der Waals surface area contributed by atoms with Gasteiger partial charge in [-0.3, -0.25) is 0 Å².